The van der Waals surface area contributed by atoms with Gasteiger partial charge in [0.25, 0.3) is 0 Å². The molecule has 0 bridgehead atoms. The summed E-state index contributed by atoms with van der Waals surface area (Å²) in [6, 6.07) is 0. The molecule has 0 fully saturated rings. The molecule has 2 unspecified atom stereocenters. The highest BCUT2D eigenvalue weighted by molar-refractivity contribution is 6.33. The van der Waals surface area contributed by atoms with Crippen molar-refractivity contribution < 1.29 is 19.8 Å². The van der Waals surface area contributed by atoms with Crippen molar-refractivity contribution in [3.8, 4) is 0 Å². The molecule has 14 heteroatoms. The second-order valence-electron chi connectivity index (χ2n) is 8.88. The number of amides is 2. The number of aliphatic hydroxyl groups excluding tert-OH is 2. The second kappa shape index (κ2) is 27.8. The number of aliphatic hydroxyl groups is 2. The van der Waals surface area contributed by atoms with E-state index in [-0.39, 0.29) is 30.4 Å². The number of rotatable bonds is 28. The molecule has 0 heterocycles. The molecule has 10 N–H and O–H groups in total. The molecule has 12 nitrogen and oxygen atoms in total. The minimum absolute atomic E-state index is 0.168. The highest BCUT2D eigenvalue weighted by Gasteiger charge is 2.08. The Morgan fingerprint density at radius 2 is 0.838 bits per heavy atom. The van der Waals surface area contributed by atoms with Gasteiger partial charge in [0.15, 0.2) is 0 Å². The van der Waals surface area contributed by atoms with Crippen LogP contribution in [0.25, 0.3) is 0 Å². The number of hydrogen-bond donors (Lipinski definition) is 10. The summed E-state index contributed by atoms with van der Waals surface area (Å²) in [6.45, 7) is 13.7. The summed E-state index contributed by atoms with van der Waals surface area (Å²) in [5.74, 6) is -0.560. The van der Waals surface area contributed by atoms with Gasteiger partial charge in [-0.25, -0.2) is 0 Å². The molecule has 2 radical (unpaired) electrons. The SMILES string of the molecule is C[B]CC(O)CNCCNCCNCCNC(=O)CC(=O)NCCNCCNCCNCC(O)C[B]C. The molecule has 0 aromatic rings. The summed E-state index contributed by atoms with van der Waals surface area (Å²) < 4.78 is 0. The molecule has 2 amide bonds. The van der Waals surface area contributed by atoms with Crippen molar-refractivity contribution in [3.63, 3.8) is 0 Å². The van der Waals surface area contributed by atoms with Gasteiger partial charge in [0, 0.05) is 91.6 Å². The van der Waals surface area contributed by atoms with E-state index < -0.39 is 0 Å². The molecule has 2 atom stereocenters. The second-order valence-corrected chi connectivity index (χ2v) is 8.88. The Morgan fingerprint density at radius 3 is 1.16 bits per heavy atom. The number of carbonyl (C=O) groups is 2. The van der Waals surface area contributed by atoms with E-state index in [0.29, 0.717) is 51.9 Å². The number of carbonyl (C=O) groups excluding carboxylic acids is 2. The van der Waals surface area contributed by atoms with Gasteiger partial charge in [0.1, 0.15) is 21.0 Å². The van der Waals surface area contributed by atoms with Gasteiger partial charge in [-0.05, 0) is 0 Å². The van der Waals surface area contributed by atoms with Gasteiger partial charge in [0.05, 0.1) is 12.2 Å². The lowest BCUT2D eigenvalue weighted by Gasteiger charge is -2.11. The van der Waals surface area contributed by atoms with Crippen LogP contribution in [0, 0.1) is 0 Å². The minimum atomic E-state index is -0.321. The average Bonchev–Trinajstić information content (AvgIpc) is 2.86. The topological polar surface area (TPSA) is 171 Å². The van der Waals surface area contributed by atoms with E-state index in [2.05, 4.69) is 42.5 Å². The molecule has 0 aliphatic heterocycles. The van der Waals surface area contributed by atoms with Gasteiger partial charge in [-0.2, -0.15) is 0 Å². The fourth-order valence-electron chi connectivity index (χ4n) is 3.31. The fourth-order valence-corrected chi connectivity index (χ4v) is 3.31. The molecule has 0 saturated carbocycles. The van der Waals surface area contributed by atoms with Crippen LogP contribution in [-0.2, 0) is 9.59 Å². The lowest BCUT2D eigenvalue weighted by atomic mass is 9.76. The van der Waals surface area contributed by atoms with Gasteiger partial charge >= 0.3 is 0 Å². The van der Waals surface area contributed by atoms with Crippen LogP contribution < -0.4 is 42.5 Å². The normalized spacial score (nSPS) is 12.6. The Labute approximate surface area is 225 Å². The van der Waals surface area contributed by atoms with Crippen LogP contribution in [0.1, 0.15) is 6.42 Å². The summed E-state index contributed by atoms with van der Waals surface area (Å²) in [6.07, 6.45) is 0.594. The molecule has 0 aromatic heterocycles. The molecule has 214 valence electrons. The van der Waals surface area contributed by atoms with E-state index in [9.17, 15) is 19.8 Å². The smallest absolute Gasteiger partial charge is 0.229 e. The van der Waals surface area contributed by atoms with E-state index in [4.69, 9.17) is 0 Å². The van der Waals surface area contributed by atoms with Gasteiger partial charge in [-0.15, -0.1) is 0 Å². The predicted molar refractivity (Wildman–Crippen MR) is 153 cm³/mol. The molecular weight excluding hydrogens is 474 g/mol. The first-order chi connectivity index (χ1) is 18.0. The third kappa shape index (κ3) is 27.6. The molecular formula is C23H52B2N8O4. The van der Waals surface area contributed by atoms with E-state index in [1.165, 1.54) is 0 Å². The van der Waals surface area contributed by atoms with Crippen molar-refractivity contribution in [2.75, 3.05) is 91.6 Å². The van der Waals surface area contributed by atoms with Crippen LogP contribution in [0.2, 0.25) is 26.3 Å². The maximum Gasteiger partial charge on any atom is 0.229 e. The van der Waals surface area contributed by atoms with Crippen molar-refractivity contribution in [3.05, 3.63) is 0 Å². The van der Waals surface area contributed by atoms with E-state index in [1.807, 2.05) is 28.2 Å². The number of nitrogens with one attached hydrogen (secondary N) is 8. The Hall–Kier alpha value is -1.25. The Balaban J connectivity index is 3.35. The van der Waals surface area contributed by atoms with Gasteiger partial charge in [-0.3, -0.25) is 9.59 Å². The molecule has 0 aliphatic rings. The molecule has 0 rings (SSSR count). The van der Waals surface area contributed by atoms with Crippen LogP contribution in [0.5, 0.6) is 0 Å². The minimum Gasteiger partial charge on any atom is -0.393 e. The first-order valence-corrected chi connectivity index (χ1v) is 13.7. The van der Waals surface area contributed by atoms with Gasteiger partial charge in [-0.1, -0.05) is 26.3 Å². The largest absolute Gasteiger partial charge is 0.393 e. The van der Waals surface area contributed by atoms with Crippen LogP contribution >= 0.6 is 0 Å². The highest BCUT2D eigenvalue weighted by atomic mass is 16.3. The molecule has 0 aliphatic carbocycles. The van der Waals surface area contributed by atoms with E-state index >= 15 is 0 Å². The van der Waals surface area contributed by atoms with Crippen molar-refractivity contribution in [2.45, 2.75) is 44.9 Å². The first-order valence-electron chi connectivity index (χ1n) is 13.7. The summed E-state index contributed by atoms with van der Waals surface area (Å²) in [5.41, 5.74) is 0. The zero-order chi connectivity index (χ0) is 27.4. The lowest BCUT2D eigenvalue weighted by molar-refractivity contribution is -0.129. The van der Waals surface area contributed by atoms with E-state index in [0.717, 1.165) is 52.4 Å². The maximum absolute atomic E-state index is 11.8. The van der Waals surface area contributed by atoms with Crippen LogP contribution in [0.3, 0.4) is 0 Å². The maximum atomic E-state index is 11.8. The average molecular weight is 526 g/mol. The van der Waals surface area contributed by atoms with Crippen LogP contribution in [-0.4, -0.2) is 140 Å². The molecule has 0 saturated heterocycles. The summed E-state index contributed by atoms with van der Waals surface area (Å²) in [4.78, 5) is 23.7. The fraction of sp³-hybridized carbons (Fsp3) is 0.913. The summed E-state index contributed by atoms with van der Waals surface area (Å²) >= 11 is 0. The van der Waals surface area contributed by atoms with Crippen molar-refractivity contribution in [1.82, 2.24) is 42.5 Å². The quantitative estimate of drug-likeness (QED) is 0.0277. The van der Waals surface area contributed by atoms with Gasteiger partial charge < -0.3 is 52.7 Å². The third-order valence-electron chi connectivity index (χ3n) is 5.26. The Morgan fingerprint density at radius 1 is 0.541 bits per heavy atom. The van der Waals surface area contributed by atoms with Crippen LogP contribution in [0.4, 0.5) is 0 Å². The van der Waals surface area contributed by atoms with Crippen molar-refractivity contribution >= 4 is 26.4 Å². The third-order valence-corrected chi connectivity index (χ3v) is 5.26. The highest BCUT2D eigenvalue weighted by Crippen LogP contribution is 1.88. The zero-order valence-electron chi connectivity index (χ0n) is 23.0. The monoisotopic (exact) mass is 526 g/mol. The van der Waals surface area contributed by atoms with Crippen molar-refractivity contribution in [1.29, 1.82) is 0 Å². The van der Waals surface area contributed by atoms with E-state index in [1.54, 1.807) is 0 Å². The van der Waals surface area contributed by atoms with Crippen LogP contribution in [0.15, 0.2) is 0 Å². The molecule has 0 spiro atoms. The molecule has 37 heavy (non-hydrogen) atoms. The summed E-state index contributed by atoms with van der Waals surface area (Å²) in [7, 11) is 3.91. The first kappa shape index (κ1) is 35.7. The predicted octanol–water partition coefficient (Wildman–Crippen LogP) is -3.79. The Bertz CT molecular complexity index is 497. The standard InChI is InChI=1S/C23H52B2N8O4/c1-24-16-20(34)18-30-9-7-26-3-5-28-11-13-32-22(36)15-23(37)33-14-12-29-6-4-27-8-10-31-19-21(35)17-25-2/h20-21,26-31,34-35H,3-19H2,1-2H3,(H,32,36)(H,33,37). The zero-order valence-corrected chi connectivity index (χ0v) is 23.0. The molecule has 0 aromatic carbocycles. The Kier molecular flexibility index (Phi) is 26.8. The summed E-state index contributed by atoms with van der Waals surface area (Å²) in [5, 5.41) is 44.1. The van der Waals surface area contributed by atoms with Crippen molar-refractivity contribution in [2.24, 2.45) is 0 Å². The lowest BCUT2D eigenvalue weighted by Crippen LogP contribution is -2.39. The van der Waals surface area contributed by atoms with Gasteiger partial charge in [0.2, 0.25) is 11.8 Å². The number of hydrogen-bond acceptors (Lipinski definition) is 10.